The zero-order valence-corrected chi connectivity index (χ0v) is 9.25. The highest BCUT2D eigenvalue weighted by Crippen LogP contribution is 2.12. The minimum atomic E-state index is 0.0203. The van der Waals surface area contributed by atoms with Crippen LogP contribution in [-0.4, -0.2) is 43.3 Å². The van der Waals surface area contributed by atoms with E-state index < -0.39 is 0 Å². The van der Waals surface area contributed by atoms with Gasteiger partial charge in [0.15, 0.2) is 0 Å². The maximum atomic E-state index is 11.6. The number of hydrogen-bond acceptors (Lipinski definition) is 2. The summed E-state index contributed by atoms with van der Waals surface area (Å²) in [4.78, 5) is 13.4. The normalized spacial score (nSPS) is 18.3. The molecule has 1 rings (SSSR count). The summed E-state index contributed by atoms with van der Waals surface area (Å²) in [6.07, 6.45) is 1.89. The van der Waals surface area contributed by atoms with Crippen molar-refractivity contribution in [3.05, 3.63) is 0 Å². The minimum Gasteiger partial charge on any atom is -0.381 e. The van der Waals surface area contributed by atoms with Gasteiger partial charge in [-0.3, -0.25) is 0 Å². The highest BCUT2D eigenvalue weighted by atomic mass is 16.5. The van der Waals surface area contributed by atoms with Crippen LogP contribution in [-0.2, 0) is 4.74 Å². The molecule has 1 heterocycles. The molecule has 82 valence electrons. The van der Waals surface area contributed by atoms with Crippen molar-refractivity contribution in [1.82, 2.24) is 10.2 Å². The van der Waals surface area contributed by atoms with Gasteiger partial charge in [0.1, 0.15) is 0 Å². The average molecular weight is 200 g/mol. The first-order valence-corrected chi connectivity index (χ1v) is 5.22. The van der Waals surface area contributed by atoms with Crippen molar-refractivity contribution in [3.8, 4) is 0 Å². The second-order valence-electron chi connectivity index (χ2n) is 4.06. The van der Waals surface area contributed by atoms with Crippen LogP contribution in [0.15, 0.2) is 0 Å². The predicted octanol–water partition coefficient (Wildman–Crippen LogP) is 1.22. The quantitative estimate of drug-likeness (QED) is 0.728. The SMILES string of the molecule is CC(C)NC(=O)N(C)C1CCOCC1. The lowest BCUT2D eigenvalue weighted by Gasteiger charge is -2.31. The van der Waals surface area contributed by atoms with Crippen LogP contribution in [0, 0.1) is 0 Å². The lowest BCUT2D eigenvalue weighted by Crippen LogP contribution is -2.47. The van der Waals surface area contributed by atoms with Crippen LogP contribution >= 0.6 is 0 Å². The summed E-state index contributed by atoms with van der Waals surface area (Å²) in [6.45, 7) is 5.47. The maximum absolute atomic E-state index is 11.6. The van der Waals surface area contributed by atoms with Crippen LogP contribution in [0.4, 0.5) is 4.79 Å². The summed E-state index contributed by atoms with van der Waals surface area (Å²) in [7, 11) is 1.85. The van der Waals surface area contributed by atoms with Gasteiger partial charge in [0, 0.05) is 32.3 Å². The Labute approximate surface area is 85.6 Å². The van der Waals surface area contributed by atoms with E-state index in [0.717, 1.165) is 26.1 Å². The smallest absolute Gasteiger partial charge is 0.317 e. The predicted molar refractivity (Wildman–Crippen MR) is 55.3 cm³/mol. The van der Waals surface area contributed by atoms with Gasteiger partial charge in [0.2, 0.25) is 0 Å². The molecule has 14 heavy (non-hydrogen) atoms. The summed E-state index contributed by atoms with van der Waals surface area (Å²) in [5.74, 6) is 0. The van der Waals surface area contributed by atoms with Gasteiger partial charge in [0.25, 0.3) is 0 Å². The first-order chi connectivity index (χ1) is 6.61. The fourth-order valence-electron chi connectivity index (χ4n) is 1.59. The Balaban J connectivity index is 2.38. The maximum Gasteiger partial charge on any atom is 0.317 e. The minimum absolute atomic E-state index is 0.0203. The average Bonchev–Trinajstić information content (AvgIpc) is 2.17. The summed E-state index contributed by atoms with van der Waals surface area (Å²) in [5.41, 5.74) is 0. The molecule has 1 fully saturated rings. The Kier molecular flexibility index (Phi) is 4.20. The van der Waals surface area contributed by atoms with Crippen molar-refractivity contribution in [2.24, 2.45) is 0 Å². The van der Waals surface area contributed by atoms with E-state index in [-0.39, 0.29) is 12.1 Å². The molecule has 1 aliphatic rings. The van der Waals surface area contributed by atoms with Crippen molar-refractivity contribution in [3.63, 3.8) is 0 Å². The van der Waals surface area contributed by atoms with Gasteiger partial charge in [0.05, 0.1) is 0 Å². The Hall–Kier alpha value is -0.770. The first kappa shape index (κ1) is 11.3. The third-order valence-corrected chi connectivity index (χ3v) is 2.47. The Bertz CT molecular complexity index is 189. The molecule has 0 spiro atoms. The second-order valence-corrected chi connectivity index (χ2v) is 4.06. The molecule has 0 saturated carbocycles. The molecule has 0 unspecified atom stereocenters. The summed E-state index contributed by atoms with van der Waals surface area (Å²) in [5, 5.41) is 2.89. The van der Waals surface area contributed by atoms with Crippen molar-refractivity contribution < 1.29 is 9.53 Å². The van der Waals surface area contributed by atoms with Crippen LogP contribution in [0.1, 0.15) is 26.7 Å². The standard InChI is InChI=1S/C10H20N2O2/c1-8(2)11-10(13)12(3)9-4-6-14-7-5-9/h8-9H,4-7H2,1-3H3,(H,11,13). The molecule has 1 aliphatic heterocycles. The number of rotatable bonds is 2. The topological polar surface area (TPSA) is 41.6 Å². The summed E-state index contributed by atoms with van der Waals surface area (Å²) < 4.78 is 5.25. The number of urea groups is 1. The van der Waals surface area contributed by atoms with Crippen LogP contribution in [0.3, 0.4) is 0 Å². The first-order valence-electron chi connectivity index (χ1n) is 5.22. The number of carbonyl (C=O) groups is 1. The highest BCUT2D eigenvalue weighted by Gasteiger charge is 2.22. The molecular weight excluding hydrogens is 180 g/mol. The molecule has 0 aliphatic carbocycles. The van der Waals surface area contributed by atoms with Crippen LogP contribution < -0.4 is 5.32 Å². The highest BCUT2D eigenvalue weighted by molar-refractivity contribution is 5.74. The fraction of sp³-hybridized carbons (Fsp3) is 0.900. The Morgan fingerprint density at radius 1 is 1.43 bits per heavy atom. The van der Waals surface area contributed by atoms with E-state index in [9.17, 15) is 4.79 Å². The van der Waals surface area contributed by atoms with E-state index in [0.29, 0.717) is 6.04 Å². The van der Waals surface area contributed by atoms with Crippen LogP contribution in [0.2, 0.25) is 0 Å². The van der Waals surface area contributed by atoms with Gasteiger partial charge in [-0.1, -0.05) is 0 Å². The molecule has 0 atom stereocenters. The molecule has 0 bridgehead atoms. The van der Waals surface area contributed by atoms with Crippen molar-refractivity contribution >= 4 is 6.03 Å². The lowest BCUT2D eigenvalue weighted by atomic mass is 10.1. The van der Waals surface area contributed by atoms with Crippen LogP contribution in [0.25, 0.3) is 0 Å². The van der Waals surface area contributed by atoms with Gasteiger partial charge < -0.3 is 15.0 Å². The van der Waals surface area contributed by atoms with E-state index in [2.05, 4.69) is 5.32 Å². The molecule has 0 aromatic carbocycles. The largest absolute Gasteiger partial charge is 0.381 e. The third-order valence-electron chi connectivity index (χ3n) is 2.47. The number of hydrogen-bond donors (Lipinski definition) is 1. The van der Waals surface area contributed by atoms with Gasteiger partial charge in [-0.2, -0.15) is 0 Å². The third kappa shape index (κ3) is 3.18. The van der Waals surface area contributed by atoms with E-state index in [1.54, 1.807) is 4.90 Å². The van der Waals surface area contributed by atoms with Crippen molar-refractivity contribution in [1.29, 1.82) is 0 Å². The fourth-order valence-corrected chi connectivity index (χ4v) is 1.59. The van der Waals surface area contributed by atoms with E-state index in [4.69, 9.17) is 4.74 Å². The summed E-state index contributed by atoms with van der Waals surface area (Å²) >= 11 is 0. The molecule has 0 aromatic rings. The Morgan fingerprint density at radius 2 is 2.00 bits per heavy atom. The van der Waals surface area contributed by atoms with Crippen molar-refractivity contribution in [2.75, 3.05) is 20.3 Å². The van der Waals surface area contributed by atoms with Gasteiger partial charge in [-0.25, -0.2) is 4.79 Å². The van der Waals surface area contributed by atoms with Gasteiger partial charge in [-0.05, 0) is 26.7 Å². The van der Waals surface area contributed by atoms with Crippen LogP contribution in [0.5, 0.6) is 0 Å². The lowest BCUT2D eigenvalue weighted by molar-refractivity contribution is 0.0523. The number of nitrogens with zero attached hydrogens (tertiary/aromatic N) is 1. The van der Waals surface area contributed by atoms with E-state index >= 15 is 0 Å². The molecule has 0 radical (unpaired) electrons. The number of nitrogens with one attached hydrogen (secondary N) is 1. The number of ether oxygens (including phenoxy) is 1. The summed E-state index contributed by atoms with van der Waals surface area (Å²) in [6, 6.07) is 0.555. The van der Waals surface area contributed by atoms with Crippen molar-refractivity contribution in [2.45, 2.75) is 38.8 Å². The van der Waals surface area contributed by atoms with E-state index in [1.807, 2.05) is 20.9 Å². The van der Waals surface area contributed by atoms with E-state index in [1.165, 1.54) is 0 Å². The zero-order chi connectivity index (χ0) is 10.6. The molecule has 0 aromatic heterocycles. The molecule has 2 amide bonds. The molecule has 1 saturated heterocycles. The second kappa shape index (κ2) is 5.20. The molecular formula is C10H20N2O2. The molecule has 4 heteroatoms. The molecule has 1 N–H and O–H groups in total. The number of carbonyl (C=O) groups excluding carboxylic acids is 1. The van der Waals surface area contributed by atoms with Gasteiger partial charge >= 0.3 is 6.03 Å². The van der Waals surface area contributed by atoms with Gasteiger partial charge in [-0.15, -0.1) is 0 Å². The Morgan fingerprint density at radius 3 is 2.50 bits per heavy atom. The zero-order valence-electron chi connectivity index (χ0n) is 9.25. The monoisotopic (exact) mass is 200 g/mol. The number of amides is 2. The molecule has 4 nitrogen and oxygen atoms in total.